The van der Waals surface area contributed by atoms with Crippen LogP contribution in [0.5, 0.6) is 0 Å². The van der Waals surface area contributed by atoms with Gasteiger partial charge in [-0.1, -0.05) is 11.6 Å². The molecule has 0 radical (unpaired) electrons. The molecule has 1 amide bonds. The number of hydrogen-bond donors (Lipinski definition) is 1. The van der Waals surface area contributed by atoms with Gasteiger partial charge in [-0.05, 0) is 68.4 Å². The molecule has 1 aliphatic carbocycles. The van der Waals surface area contributed by atoms with Crippen molar-refractivity contribution in [2.24, 2.45) is 0 Å². The first-order chi connectivity index (χ1) is 13.2. The summed E-state index contributed by atoms with van der Waals surface area (Å²) >= 11 is 0. The Morgan fingerprint density at radius 2 is 2.00 bits per heavy atom. The second-order valence-corrected chi connectivity index (χ2v) is 7.05. The molecule has 27 heavy (non-hydrogen) atoms. The number of nitrogens with zero attached hydrogens (tertiary/aromatic N) is 3. The fraction of sp³-hybridized carbons (Fsp3) is 0.409. The normalized spacial score (nSPS) is 13.7. The predicted octanol–water partition coefficient (Wildman–Crippen LogP) is 4.09. The lowest BCUT2D eigenvalue weighted by Gasteiger charge is -2.17. The second kappa shape index (κ2) is 9.86. The molecule has 0 fully saturated rings. The highest BCUT2D eigenvalue weighted by molar-refractivity contribution is 5.93. The molecule has 2 aromatic rings. The third-order valence-electron chi connectivity index (χ3n) is 4.98. The topological polar surface area (TPSA) is 58.1 Å². The van der Waals surface area contributed by atoms with E-state index in [1.165, 1.54) is 31.2 Å². The van der Waals surface area contributed by atoms with Gasteiger partial charge in [0.05, 0.1) is 5.56 Å². The third kappa shape index (κ3) is 5.91. The molecule has 1 N–H and O–H groups in total. The van der Waals surface area contributed by atoms with Crippen LogP contribution >= 0.6 is 0 Å². The Hall–Kier alpha value is -2.69. The summed E-state index contributed by atoms with van der Waals surface area (Å²) in [7, 11) is 1.83. The van der Waals surface area contributed by atoms with Crippen LogP contribution in [0.2, 0.25) is 0 Å². The summed E-state index contributed by atoms with van der Waals surface area (Å²) in [5, 5.41) is 3.35. The van der Waals surface area contributed by atoms with Crippen molar-refractivity contribution < 1.29 is 4.79 Å². The minimum absolute atomic E-state index is 0.00420. The highest BCUT2D eigenvalue weighted by Gasteiger charge is 2.12. The maximum atomic E-state index is 12.5. The zero-order valence-electron chi connectivity index (χ0n) is 16.0. The van der Waals surface area contributed by atoms with Crippen LogP contribution < -0.4 is 5.32 Å². The molecule has 0 saturated carbocycles. The number of aromatic nitrogens is 2. The Bertz CT molecular complexity index is 756. The fourth-order valence-corrected chi connectivity index (χ4v) is 3.28. The first-order valence-corrected chi connectivity index (χ1v) is 9.74. The summed E-state index contributed by atoms with van der Waals surface area (Å²) in [6.45, 7) is 1.55. The van der Waals surface area contributed by atoms with E-state index in [1.54, 1.807) is 29.1 Å². The number of rotatable bonds is 8. The van der Waals surface area contributed by atoms with E-state index in [1.807, 2.05) is 31.3 Å². The zero-order valence-corrected chi connectivity index (χ0v) is 16.0. The largest absolute Gasteiger partial charge is 0.370 e. The summed E-state index contributed by atoms with van der Waals surface area (Å²) in [6, 6.07) is 7.69. The summed E-state index contributed by atoms with van der Waals surface area (Å²) in [5.74, 6) is 0.817. The Morgan fingerprint density at radius 1 is 1.15 bits per heavy atom. The van der Waals surface area contributed by atoms with Crippen molar-refractivity contribution in [2.75, 3.05) is 25.5 Å². The van der Waals surface area contributed by atoms with E-state index >= 15 is 0 Å². The SMILES string of the molecule is CN(CCc1ccncc1)C(=O)c1ccc(NCCC2=CCCCC2)nc1. The zero-order chi connectivity index (χ0) is 18.9. The second-order valence-electron chi connectivity index (χ2n) is 7.05. The average Bonchev–Trinajstić information content (AvgIpc) is 2.73. The molecule has 0 bridgehead atoms. The molecule has 3 rings (SSSR count). The number of hydrogen-bond acceptors (Lipinski definition) is 4. The molecule has 5 nitrogen and oxygen atoms in total. The molecule has 0 spiro atoms. The summed E-state index contributed by atoms with van der Waals surface area (Å²) in [4.78, 5) is 22.7. The molecule has 1 aliphatic rings. The molecule has 142 valence electrons. The van der Waals surface area contributed by atoms with Crippen LogP contribution in [0.15, 0.2) is 54.5 Å². The van der Waals surface area contributed by atoms with Crippen LogP contribution in [0.4, 0.5) is 5.82 Å². The quantitative estimate of drug-likeness (QED) is 0.717. The van der Waals surface area contributed by atoms with Gasteiger partial charge >= 0.3 is 0 Å². The molecule has 0 unspecified atom stereocenters. The van der Waals surface area contributed by atoms with Crippen molar-refractivity contribution in [2.45, 2.75) is 38.5 Å². The van der Waals surface area contributed by atoms with Gasteiger partial charge in [-0.2, -0.15) is 0 Å². The number of carbonyl (C=O) groups is 1. The lowest BCUT2D eigenvalue weighted by Crippen LogP contribution is -2.29. The number of allylic oxidation sites excluding steroid dienone is 1. The predicted molar refractivity (Wildman–Crippen MR) is 109 cm³/mol. The molecule has 2 heterocycles. The monoisotopic (exact) mass is 364 g/mol. The Balaban J connectivity index is 1.45. The van der Waals surface area contributed by atoms with Gasteiger partial charge in [0.2, 0.25) is 0 Å². The number of anilines is 1. The van der Waals surface area contributed by atoms with Gasteiger partial charge < -0.3 is 10.2 Å². The van der Waals surface area contributed by atoms with Crippen molar-refractivity contribution in [1.29, 1.82) is 0 Å². The summed E-state index contributed by atoms with van der Waals surface area (Å²) in [5.41, 5.74) is 3.35. The smallest absolute Gasteiger partial charge is 0.255 e. The minimum Gasteiger partial charge on any atom is -0.370 e. The Morgan fingerprint density at radius 3 is 2.70 bits per heavy atom. The number of pyridine rings is 2. The molecule has 2 aromatic heterocycles. The van der Waals surface area contributed by atoms with E-state index in [4.69, 9.17) is 0 Å². The van der Waals surface area contributed by atoms with Crippen LogP contribution in [-0.4, -0.2) is 40.9 Å². The van der Waals surface area contributed by atoms with Crippen LogP contribution in [0.1, 0.15) is 48.0 Å². The van der Waals surface area contributed by atoms with Crippen molar-refractivity contribution in [1.82, 2.24) is 14.9 Å². The fourth-order valence-electron chi connectivity index (χ4n) is 3.28. The van der Waals surface area contributed by atoms with Gasteiger partial charge in [0, 0.05) is 38.7 Å². The number of carbonyl (C=O) groups excluding carboxylic acids is 1. The maximum absolute atomic E-state index is 12.5. The number of amides is 1. The molecular formula is C22H28N4O. The van der Waals surface area contributed by atoms with Crippen LogP contribution in [-0.2, 0) is 6.42 Å². The number of likely N-dealkylation sites (N-methyl/N-ethyl adjacent to an activating group) is 1. The molecule has 0 saturated heterocycles. The first-order valence-electron chi connectivity index (χ1n) is 9.74. The highest BCUT2D eigenvalue weighted by Crippen LogP contribution is 2.20. The van der Waals surface area contributed by atoms with Crippen LogP contribution in [0.3, 0.4) is 0 Å². The van der Waals surface area contributed by atoms with E-state index in [2.05, 4.69) is 21.4 Å². The summed E-state index contributed by atoms with van der Waals surface area (Å²) < 4.78 is 0. The Kier molecular flexibility index (Phi) is 6.97. The van der Waals surface area contributed by atoms with E-state index < -0.39 is 0 Å². The minimum atomic E-state index is -0.00420. The van der Waals surface area contributed by atoms with Gasteiger partial charge in [0.25, 0.3) is 5.91 Å². The molecule has 0 aromatic carbocycles. The average molecular weight is 364 g/mol. The van der Waals surface area contributed by atoms with Crippen molar-refractivity contribution >= 4 is 11.7 Å². The highest BCUT2D eigenvalue weighted by atomic mass is 16.2. The van der Waals surface area contributed by atoms with Gasteiger partial charge in [-0.3, -0.25) is 9.78 Å². The van der Waals surface area contributed by atoms with Crippen molar-refractivity contribution in [3.05, 3.63) is 65.6 Å². The van der Waals surface area contributed by atoms with Gasteiger partial charge in [0.1, 0.15) is 5.82 Å². The Labute approximate surface area is 161 Å². The molecular weight excluding hydrogens is 336 g/mol. The number of nitrogens with one attached hydrogen (secondary N) is 1. The standard InChI is InChI=1S/C22H28N4O/c1-26(16-12-19-9-13-23-14-10-19)22(27)20-7-8-21(25-17-20)24-15-11-18-5-3-2-4-6-18/h5,7-10,13-14,17H,2-4,6,11-12,15-16H2,1H3,(H,24,25). The van der Waals surface area contributed by atoms with E-state index in [0.717, 1.165) is 25.2 Å². The molecule has 5 heteroatoms. The van der Waals surface area contributed by atoms with Crippen molar-refractivity contribution in [3.8, 4) is 0 Å². The van der Waals surface area contributed by atoms with Crippen LogP contribution in [0, 0.1) is 0 Å². The van der Waals surface area contributed by atoms with Gasteiger partial charge in [-0.15, -0.1) is 0 Å². The van der Waals surface area contributed by atoms with Crippen molar-refractivity contribution in [3.63, 3.8) is 0 Å². The van der Waals surface area contributed by atoms with E-state index in [9.17, 15) is 4.79 Å². The van der Waals surface area contributed by atoms with Gasteiger partial charge in [-0.25, -0.2) is 4.98 Å². The van der Waals surface area contributed by atoms with E-state index in [0.29, 0.717) is 12.1 Å². The molecule has 0 atom stereocenters. The lowest BCUT2D eigenvalue weighted by atomic mass is 9.97. The summed E-state index contributed by atoms with van der Waals surface area (Å²) in [6.07, 6.45) is 14.6. The third-order valence-corrected chi connectivity index (χ3v) is 4.98. The van der Waals surface area contributed by atoms with Crippen LogP contribution in [0.25, 0.3) is 0 Å². The van der Waals surface area contributed by atoms with E-state index in [-0.39, 0.29) is 5.91 Å². The van der Waals surface area contributed by atoms with Gasteiger partial charge in [0.15, 0.2) is 0 Å². The maximum Gasteiger partial charge on any atom is 0.255 e. The molecule has 0 aliphatic heterocycles. The lowest BCUT2D eigenvalue weighted by molar-refractivity contribution is 0.0796. The first kappa shape index (κ1) is 19.1.